The molecule has 2 aromatic heterocycles. The van der Waals surface area contributed by atoms with Crippen LogP contribution >= 0.6 is 24.0 Å². The zero-order valence-corrected chi connectivity index (χ0v) is 22.2. The molecule has 1 saturated heterocycles. The number of ether oxygens (including phenoxy) is 1. The SMILES string of the molecule is CNc1cc(-c2ccc(OCC[C@@H]3CCN(c4ccccn4)C3)c(C(F)(F)F)c2)nc(C#N)c1N=N.I. The molecule has 0 radical (unpaired) electrons. The number of benzene rings is 1. The number of pyridine rings is 2. The Hall–Kier alpha value is -3.47. The highest BCUT2D eigenvalue weighted by Crippen LogP contribution is 2.40. The standard InChI is InChI=1S/C25H24F3N7O.HI/c1-31-20-13-19(33-21(14-29)24(20)34-30)17-5-6-22(18(12-17)25(26,27)28)36-11-8-16-7-10-35(15-16)23-4-2-3-9-32-23;/h2-6,9,12-13,16,30H,7-8,10-11,15H2,1H3,(H,31,33);1H/t16-;/m0./s1. The van der Waals surface area contributed by atoms with E-state index in [-0.39, 0.29) is 59.0 Å². The van der Waals surface area contributed by atoms with Crippen molar-refractivity contribution in [1.29, 1.82) is 10.8 Å². The molecule has 4 rings (SSSR count). The maximum Gasteiger partial charge on any atom is 0.419 e. The van der Waals surface area contributed by atoms with Crippen molar-refractivity contribution in [2.75, 3.05) is 37.0 Å². The zero-order valence-electron chi connectivity index (χ0n) is 19.9. The van der Waals surface area contributed by atoms with Gasteiger partial charge in [0, 0.05) is 31.9 Å². The van der Waals surface area contributed by atoms with Gasteiger partial charge >= 0.3 is 6.18 Å². The van der Waals surface area contributed by atoms with Gasteiger partial charge in [-0.25, -0.2) is 15.5 Å². The van der Waals surface area contributed by atoms with Crippen LogP contribution in [-0.4, -0.2) is 36.7 Å². The number of hydrogen-bond acceptors (Lipinski definition) is 8. The van der Waals surface area contributed by atoms with Crippen LogP contribution in [0.2, 0.25) is 0 Å². The molecule has 8 nitrogen and oxygen atoms in total. The molecule has 0 spiro atoms. The Morgan fingerprint density at radius 1 is 1.27 bits per heavy atom. The molecule has 1 fully saturated rings. The van der Waals surface area contributed by atoms with Crippen molar-refractivity contribution in [3.63, 3.8) is 0 Å². The van der Waals surface area contributed by atoms with Crippen molar-refractivity contribution in [1.82, 2.24) is 9.97 Å². The number of aromatic nitrogens is 2. The van der Waals surface area contributed by atoms with Crippen LogP contribution in [0.25, 0.3) is 11.3 Å². The highest BCUT2D eigenvalue weighted by Gasteiger charge is 2.35. The second kappa shape index (κ2) is 12.2. The van der Waals surface area contributed by atoms with Gasteiger partial charge < -0.3 is 15.0 Å². The normalized spacial score (nSPS) is 15.0. The number of nitrogens with zero attached hydrogens (tertiary/aromatic N) is 5. The summed E-state index contributed by atoms with van der Waals surface area (Å²) >= 11 is 0. The van der Waals surface area contributed by atoms with E-state index in [0.29, 0.717) is 18.0 Å². The number of nitrogens with one attached hydrogen (secondary N) is 2. The summed E-state index contributed by atoms with van der Waals surface area (Å²) in [5, 5.41) is 15.4. The first-order chi connectivity index (χ1) is 17.3. The topological polar surface area (TPSA) is 110 Å². The molecule has 2 N–H and O–H groups in total. The lowest BCUT2D eigenvalue weighted by Gasteiger charge is -2.18. The maximum absolute atomic E-state index is 13.9. The van der Waals surface area contributed by atoms with Crippen molar-refractivity contribution in [2.24, 2.45) is 11.0 Å². The summed E-state index contributed by atoms with van der Waals surface area (Å²) in [6.45, 7) is 1.79. The van der Waals surface area contributed by atoms with Gasteiger partial charge in [-0.05, 0) is 55.2 Å². The second-order valence-electron chi connectivity index (χ2n) is 8.36. The van der Waals surface area contributed by atoms with E-state index < -0.39 is 11.7 Å². The average Bonchev–Trinajstić information content (AvgIpc) is 3.36. The van der Waals surface area contributed by atoms with Crippen LogP contribution in [0, 0.1) is 22.8 Å². The Balaban J connectivity index is 0.00000380. The highest BCUT2D eigenvalue weighted by atomic mass is 127. The van der Waals surface area contributed by atoms with E-state index in [1.54, 1.807) is 13.2 Å². The molecule has 1 aromatic carbocycles. The number of rotatable bonds is 8. The van der Waals surface area contributed by atoms with E-state index in [1.807, 2.05) is 24.3 Å². The fraction of sp³-hybridized carbons (Fsp3) is 0.320. The quantitative estimate of drug-likeness (QED) is 0.215. The third-order valence-electron chi connectivity index (χ3n) is 6.10. The van der Waals surface area contributed by atoms with Gasteiger partial charge in [0.2, 0.25) is 0 Å². The van der Waals surface area contributed by atoms with Crippen molar-refractivity contribution < 1.29 is 17.9 Å². The van der Waals surface area contributed by atoms with E-state index >= 15 is 0 Å². The van der Waals surface area contributed by atoms with E-state index in [0.717, 1.165) is 31.4 Å². The molecule has 1 aliphatic rings. The number of nitriles is 1. The Kier molecular flexibility index (Phi) is 9.25. The van der Waals surface area contributed by atoms with E-state index in [1.165, 1.54) is 18.2 Å². The first-order valence-corrected chi connectivity index (χ1v) is 11.3. The fourth-order valence-electron chi connectivity index (χ4n) is 4.26. The summed E-state index contributed by atoms with van der Waals surface area (Å²) in [7, 11) is 1.56. The number of anilines is 2. The van der Waals surface area contributed by atoms with Crippen LogP contribution < -0.4 is 15.0 Å². The van der Waals surface area contributed by atoms with E-state index in [9.17, 15) is 18.4 Å². The Morgan fingerprint density at radius 3 is 2.73 bits per heavy atom. The first kappa shape index (κ1) is 28.1. The average molecular weight is 623 g/mol. The summed E-state index contributed by atoms with van der Waals surface area (Å²) < 4.78 is 47.3. The fourth-order valence-corrected chi connectivity index (χ4v) is 4.26. The summed E-state index contributed by atoms with van der Waals surface area (Å²) in [5.41, 5.74) is 6.84. The molecule has 0 saturated carbocycles. The van der Waals surface area contributed by atoms with E-state index in [4.69, 9.17) is 10.3 Å². The Bertz CT molecular complexity index is 1280. The molecule has 12 heteroatoms. The minimum Gasteiger partial charge on any atom is -0.493 e. The summed E-state index contributed by atoms with van der Waals surface area (Å²) in [4.78, 5) is 10.6. The lowest BCUT2D eigenvalue weighted by Crippen LogP contribution is -2.21. The summed E-state index contributed by atoms with van der Waals surface area (Å²) in [5.74, 6) is 0.947. The molecular weight excluding hydrogens is 598 g/mol. The third-order valence-corrected chi connectivity index (χ3v) is 6.10. The van der Waals surface area contributed by atoms with Gasteiger partial charge in [-0.15, -0.1) is 24.0 Å². The Morgan fingerprint density at radius 2 is 2.08 bits per heavy atom. The number of hydrogen-bond donors (Lipinski definition) is 2. The van der Waals surface area contributed by atoms with Gasteiger partial charge in [-0.1, -0.05) is 6.07 Å². The minimum atomic E-state index is -4.64. The Labute approximate surface area is 229 Å². The number of halogens is 4. The van der Waals surface area contributed by atoms with Gasteiger partial charge in [-0.3, -0.25) is 0 Å². The third kappa shape index (κ3) is 6.46. The van der Waals surface area contributed by atoms with Crippen LogP contribution in [0.15, 0.2) is 53.8 Å². The lowest BCUT2D eigenvalue weighted by molar-refractivity contribution is -0.138. The van der Waals surface area contributed by atoms with Crippen molar-refractivity contribution in [3.05, 3.63) is 59.9 Å². The van der Waals surface area contributed by atoms with Gasteiger partial charge in [0.1, 0.15) is 23.3 Å². The molecule has 0 unspecified atom stereocenters. The molecule has 0 aliphatic carbocycles. The zero-order chi connectivity index (χ0) is 25.7. The molecule has 3 heterocycles. The first-order valence-electron chi connectivity index (χ1n) is 11.3. The maximum atomic E-state index is 13.9. The largest absolute Gasteiger partial charge is 0.493 e. The second-order valence-corrected chi connectivity index (χ2v) is 8.36. The summed E-state index contributed by atoms with van der Waals surface area (Å²) in [6.07, 6.45) is -1.36. The van der Waals surface area contributed by atoms with E-state index in [2.05, 4.69) is 25.3 Å². The molecular formula is C25H25F3IN7O. The van der Waals surface area contributed by atoms with Crippen molar-refractivity contribution in [3.8, 4) is 23.1 Å². The van der Waals surface area contributed by atoms with Gasteiger partial charge in [0.25, 0.3) is 0 Å². The van der Waals surface area contributed by atoms with Crippen molar-refractivity contribution >= 4 is 41.2 Å². The van der Waals surface area contributed by atoms with Crippen LogP contribution in [-0.2, 0) is 6.18 Å². The molecule has 194 valence electrons. The molecule has 0 bridgehead atoms. The molecule has 37 heavy (non-hydrogen) atoms. The highest BCUT2D eigenvalue weighted by molar-refractivity contribution is 14.0. The van der Waals surface area contributed by atoms with Crippen LogP contribution in [0.3, 0.4) is 0 Å². The van der Waals surface area contributed by atoms with Crippen LogP contribution in [0.1, 0.15) is 24.1 Å². The smallest absolute Gasteiger partial charge is 0.419 e. The summed E-state index contributed by atoms with van der Waals surface area (Å²) in [6, 6.07) is 12.7. The predicted molar refractivity (Wildman–Crippen MR) is 144 cm³/mol. The molecule has 3 aromatic rings. The van der Waals surface area contributed by atoms with Gasteiger partial charge in [0.15, 0.2) is 5.69 Å². The molecule has 1 aliphatic heterocycles. The van der Waals surface area contributed by atoms with Gasteiger partial charge in [-0.2, -0.15) is 23.5 Å². The van der Waals surface area contributed by atoms with Crippen LogP contribution in [0.4, 0.5) is 30.4 Å². The van der Waals surface area contributed by atoms with Gasteiger partial charge in [0.05, 0.1) is 23.6 Å². The predicted octanol–water partition coefficient (Wildman–Crippen LogP) is 6.65. The monoisotopic (exact) mass is 623 g/mol. The molecule has 0 amide bonds. The molecule has 1 atom stereocenters. The van der Waals surface area contributed by atoms with Crippen LogP contribution in [0.5, 0.6) is 5.75 Å². The lowest BCUT2D eigenvalue weighted by atomic mass is 10.0. The minimum absolute atomic E-state index is 0. The van der Waals surface area contributed by atoms with Crippen molar-refractivity contribution in [2.45, 2.75) is 19.0 Å². The number of alkyl halides is 3.